The molecule has 0 spiro atoms. The summed E-state index contributed by atoms with van der Waals surface area (Å²) in [7, 11) is 3.33. The molecule has 0 radical (unpaired) electrons. The summed E-state index contributed by atoms with van der Waals surface area (Å²) in [5.41, 5.74) is 1.27. The Morgan fingerprint density at radius 3 is 2.32 bits per heavy atom. The number of benzene rings is 1. The van der Waals surface area contributed by atoms with Crippen molar-refractivity contribution in [3.05, 3.63) is 23.8 Å². The minimum Gasteiger partial charge on any atom is -0.493 e. The Morgan fingerprint density at radius 1 is 1.05 bits per heavy atom. The van der Waals surface area contributed by atoms with E-state index in [1.165, 1.54) is 12.0 Å². The van der Waals surface area contributed by atoms with Crippen LogP contribution in [0.15, 0.2) is 18.2 Å². The Hall–Kier alpha value is -1.22. The molecular formula is C16H27NO2. The summed E-state index contributed by atoms with van der Waals surface area (Å²) in [5, 5.41) is 3.56. The lowest BCUT2D eigenvalue weighted by Gasteiger charge is -2.16. The lowest BCUT2D eigenvalue weighted by atomic mass is 10.1. The van der Waals surface area contributed by atoms with Crippen molar-refractivity contribution in [2.24, 2.45) is 5.92 Å². The molecule has 108 valence electrons. The molecule has 1 atom stereocenters. The van der Waals surface area contributed by atoms with Crippen LogP contribution in [0.4, 0.5) is 0 Å². The van der Waals surface area contributed by atoms with Crippen LogP contribution >= 0.6 is 0 Å². The van der Waals surface area contributed by atoms with Crippen molar-refractivity contribution >= 4 is 0 Å². The van der Waals surface area contributed by atoms with Crippen LogP contribution in [-0.4, -0.2) is 26.8 Å². The molecule has 19 heavy (non-hydrogen) atoms. The van der Waals surface area contributed by atoms with Gasteiger partial charge in [0.05, 0.1) is 14.2 Å². The maximum absolute atomic E-state index is 5.33. The zero-order valence-electron chi connectivity index (χ0n) is 12.8. The molecule has 0 amide bonds. The minimum absolute atomic E-state index is 0.469. The van der Waals surface area contributed by atoms with Crippen LogP contribution in [-0.2, 0) is 6.42 Å². The summed E-state index contributed by atoms with van der Waals surface area (Å²) < 4.78 is 10.6. The highest BCUT2D eigenvalue weighted by atomic mass is 16.5. The number of rotatable bonds is 8. The van der Waals surface area contributed by atoms with Crippen molar-refractivity contribution in [1.29, 1.82) is 0 Å². The summed E-state index contributed by atoms with van der Waals surface area (Å²) in [4.78, 5) is 0. The summed E-state index contributed by atoms with van der Waals surface area (Å²) in [6.45, 7) is 7.80. The van der Waals surface area contributed by atoms with E-state index in [1.54, 1.807) is 14.2 Å². The van der Waals surface area contributed by atoms with Crippen molar-refractivity contribution in [3.8, 4) is 11.5 Å². The number of methoxy groups -OCH3 is 2. The van der Waals surface area contributed by atoms with Crippen LogP contribution in [0.2, 0.25) is 0 Å². The maximum atomic E-state index is 5.33. The van der Waals surface area contributed by atoms with Crippen LogP contribution in [0, 0.1) is 5.92 Å². The lowest BCUT2D eigenvalue weighted by Crippen LogP contribution is -2.29. The molecule has 1 aromatic carbocycles. The molecule has 1 aromatic rings. The van der Waals surface area contributed by atoms with Gasteiger partial charge in [0.15, 0.2) is 11.5 Å². The van der Waals surface area contributed by atoms with Gasteiger partial charge in [0.1, 0.15) is 0 Å². The first-order valence-electron chi connectivity index (χ1n) is 7.01. The molecule has 0 fully saturated rings. The highest BCUT2D eigenvalue weighted by Gasteiger charge is 2.08. The third-order valence-electron chi connectivity index (χ3n) is 3.20. The van der Waals surface area contributed by atoms with Gasteiger partial charge in [-0.05, 0) is 49.9 Å². The predicted octanol–water partition coefficient (Wildman–Crippen LogP) is 3.27. The molecule has 0 aromatic heterocycles. The molecule has 0 bridgehead atoms. The van der Waals surface area contributed by atoms with E-state index in [0.717, 1.165) is 30.4 Å². The lowest BCUT2D eigenvalue weighted by molar-refractivity contribution is 0.354. The van der Waals surface area contributed by atoms with Gasteiger partial charge >= 0.3 is 0 Å². The molecule has 0 aliphatic heterocycles. The molecule has 0 heterocycles. The molecule has 3 nitrogen and oxygen atoms in total. The fraction of sp³-hybridized carbons (Fsp3) is 0.625. The predicted molar refractivity (Wildman–Crippen MR) is 80.2 cm³/mol. The third-order valence-corrected chi connectivity index (χ3v) is 3.20. The number of nitrogens with one attached hydrogen (secondary N) is 1. The smallest absolute Gasteiger partial charge is 0.160 e. The van der Waals surface area contributed by atoms with Crippen molar-refractivity contribution < 1.29 is 9.47 Å². The average Bonchev–Trinajstić information content (AvgIpc) is 2.38. The minimum atomic E-state index is 0.469. The average molecular weight is 265 g/mol. The van der Waals surface area contributed by atoms with Gasteiger partial charge in [-0.3, -0.25) is 0 Å². The van der Waals surface area contributed by atoms with E-state index in [2.05, 4.69) is 38.2 Å². The molecule has 1 unspecified atom stereocenters. The van der Waals surface area contributed by atoms with Crippen LogP contribution in [0.5, 0.6) is 11.5 Å². The molecule has 0 saturated heterocycles. The topological polar surface area (TPSA) is 30.5 Å². The SMILES string of the molecule is COc1ccc(CC(C)NCCC(C)C)cc1OC. The second-order valence-corrected chi connectivity index (χ2v) is 5.43. The van der Waals surface area contributed by atoms with Crippen molar-refractivity contribution in [1.82, 2.24) is 5.32 Å². The van der Waals surface area contributed by atoms with Crippen molar-refractivity contribution in [3.63, 3.8) is 0 Å². The fourth-order valence-corrected chi connectivity index (χ4v) is 2.05. The van der Waals surface area contributed by atoms with E-state index in [4.69, 9.17) is 9.47 Å². The van der Waals surface area contributed by atoms with Gasteiger partial charge < -0.3 is 14.8 Å². The summed E-state index contributed by atoms with van der Waals surface area (Å²) in [5.74, 6) is 2.34. The monoisotopic (exact) mass is 265 g/mol. The van der Waals surface area contributed by atoms with Gasteiger partial charge in [-0.1, -0.05) is 19.9 Å². The summed E-state index contributed by atoms with van der Waals surface area (Å²) in [6.07, 6.45) is 2.22. The first-order chi connectivity index (χ1) is 9.06. The molecular weight excluding hydrogens is 238 g/mol. The van der Waals surface area contributed by atoms with Crippen LogP contribution in [0.3, 0.4) is 0 Å². The number of hydrogen-bond acceptors (Lipinski definition) is 3. The van der Waals surface area contributed by atoms with E-state index < -0.39 is 0 Å². The molecule has 0 saturated carbocycles. The molecule has 0 aliphatic rings. The highest BCUT2D eigenvalue weighted by molar-refractivity contribution is 5.43. The number of hydrogen-bond donors (Lipinski definition) is 1. The first-order valence-corrected chi connectivity index (χ1v) is 7.01. The van der Waals surface area contributed by atoms with Crippen LogP contribution < -0.4 is 14.8 Å². The zero-order valence-corrected chi connectivity index (χ0v) is 12.8. The van der Waals surface area contributed by atoms with Gasteiger partial charge in [0, 0.05) is 6.04 Å². The Morgan fingerprint density at radius 2 is 1.74 bits per heavy atom. The van der Waals surface area contributed by atoms with Gasteiger partial charge in [-0.25, -0.2) is 0 Å². The Kier molecular flexibility index (Phi) is 6.71. The maximum Gasteiger partial charge on any atom is 0.160 e. The quantitative estimate of drug-likeness (QED) is 0.782. The van der Waals surface area contributed by atoms with Crippen LogP contribution in [0.25, 0.3) is 0 Å². The van der Waals surface area contributed by atoms with Crippen LogP contribution in [0.1, 0.15) is 32.8 Å². The summed E-state index contributed by atoms with van der Waals surface area (Å²) >= 11 is 0. The molecule has 1 N–H and O–H groups in total. The second-order valence-electron chi connectivity index (χ2n) is 5.43. The third kappa shape index (κ3) is 5.52. The normalized spacial score (nSPS) is 12.5. The van der Waals surface area contributed by atoms with E-state index >= 15 is 0 Å². The molecule has 1 rings (SSSR count). The Labute approximate surface area is 117 Å². The first kappa shape index (κ1) is 15.8. The molecule has 3 heteroatoms. The van der Waals surface area contributed by atoms with Crippen molar-refractivity contribution in [2.75, 3.05) is 20.8 Å². The highest BCUT2D eigenvalue weighted by Crippen LogP contribution is 2.27. The Bertz CT molecular complexity index is 377. The molecule has 0 aliphatic carbocycles. The van der Waals surface area contributed by atoms with E-state index in [0.29, 0.717) is 6.04 Å². The summed E-state index contributed by atoms with van der Waals surface area (Å²) in [6, 6.07) is 6.59. The van der Waals surface area contributed by atoms with Gasteiger partial charge in [-0.15, -0.1) is 0 Å². The fourth-order valence-electron chi connectivity index (χ4n) is 2.05. The van der Waals surface area contributed by atoms with Gasteiger partial charge in [0.2, 0.25) is 0 Å². The van der Waals surface area contributed by atoms with E-state index in [9.17, 15) is 0 Å². The second kappa shape index (κ2) is 8.05. The largest absolute Gasteiger partial charge is 0.493 e. The van der Waals surface area contributed by atoms with E-state index in [-0.39, 0.29) is 0 Å². The van der Waals surface area contributed by atoms with Gasteiger partial charge in [0.25, 0.3) is 0 Å². The number of ether oxygens (including phenoxy) is 2. The zero-order chi connectivity index (χ0) is 14.3. The van der Waals surface area contributed by atoms with Crippen molar-refractivity contribution in [2.45, 2.75) is 39.7 Å². The standard InChI is InChI=1S/C16H27NO2/c1-12(2)8-9-17-13(3)10-14-6-7-15(18-4)16(11-14)19-5/h6-7,11-13,17H,8-10H2,1-5H3. The Balaban J connectivity index is 2.52. The van der Waals surface area contributed by atoms with E-state index in [1.807, 2.05) is 6.07 Å². The van der Waals surface area contributed by atoms with Gasteiger partial charge in [-0.2, -0.15) is 0 Å².